The predicted molar refractivity (Wildman–Crippen MR) is 41.3 cm³/mol. The molecule has 0 spiro atoms. The molecule has 0 fully saturated rings. The van der Waals surface area contributed by atoms with E-state index in [0.717, 1.165) is 0 Å². The Morgan fingerprint density at radius 1 is 1.33 bits per heavy atom. The van der Waals surface area contributed by atoms with Gasteiger partial charge in [0.15, 0.2) is 0 Å². The van der Waals surface area contributed by atoms with Crippen LogP contribution in [0.3, 0.4) is 0 Å². The fourth-order valence-electron chi connectivity index (χ4n) is 0.838. The molecule has 46 valence electrons. The van der Waals surface area contributed by atoms with Crippen molar-refractivity contribution >= 4 is 7.85 Å². The van der Waals surface area contributed by atoms with E-state index in [1.165, 1.54) is 18.3 Å². The molecule has 0 atom stereocenters. The van der Waals surface area contributed by atoms with Crippen LogP contribution in [0.4, 0.5) is 0 Å². The SMILES string of the molecule is BCCc1ccncc1. The molecule has 0 aliphatic heterocycles. The second-order valence-electron chi connectivity index (χ2n) is 2.11. The van der Waals surface area contributed by atoms with Crippen molar-refractivity contribution in [1.82, 2.24) is 4.98 Å². The minimum atomic E-state index is 1.17. The van der Waals surface area contributed by atoms with Gasteiger partial charge in [0.2, 0.25) is 0 Å². The molecule has 0 N–H and O–H groups in total. The van der Waals surface area contributed by atoms with E-state index in [9.17, 15) is 0 Å². The van der Waals surface area contributed by atoms with Gasteiger partial charge in [-0.15, -0.1) is 0 Å². The van der Waals surface area contributed by atoms with Gasteiger partial charge in [-0.2, -0.15) is 0 Å². The minimum absolute atomic E-state index is 1.17. The fraction of sp³-hybridized carbons (Fsp3) is 0.286. The average molecular weight is 119 g/mol. The van der Waals surface area contributed by atoms with Gasteiger partial charge in [0, 0.05) is 12.4 Å². The molecule has 1 nitrogen and oxygen atoms in total. The molecular formula is C7H10BN. The topological polar surface area (TPSA) is 12.9 Å². The zero-order valence-electron chi connectivity index (χ0n) is 5.67. The van der Waals surface area contributed by atoms with Gasteiger partial charge in [-0.05, 0) is 24.1 Å². The Labute approximate surface area is 56.5 Å². The van der Waals surface area contributed by atoms with Crippen LogP contribution in [0.1, 0.15) is 5.56 Å². The molecule has 1 rings (SSSR count). The highest BCUT2D eigenvalue weighted by Gasteiger charge is 1.85. The van der Waals surface area contributed by atoms with Gasteiger partial charge in [0.1, 0.15) is 7.85 Å². The Morgan fingerprint density at radius 3 is 2.56 bits per heavy atom. The first-order valence-corrected chi connectivity index (χ1v) is 3.32. The summed E-state index contributed by atoms with van der Waals surface area (Å²) in [4.78, 5) is 3.93. The summed E-state index contributed by atoms with van der Waals surface area (Å²) in [5.41, 5.74) is 1.38. The second kappa shape index (κ2) is 3.28. The van der Waals surface area contributed by atoms with Crippen molar-refractivity contribution in [1.29, 1.82) is 0 Å². The highest BCUT2D eigenvalue weighted by molar-refractivity contribution is 6.08. The zero-order chi connectivity index (χ0) is 6.53. The van der Waals surface area contributed by atoms with E-state index in [-0.39, 0.29) is 0 Å². The van der Waals surface area contributed by atoms with Gasteiger partial charge in [0.25, 0.3) is 0 Å². The Kier molecular flexibility index (Phi) is 2.31. The lowest BCUT2D eigenvalue weighted by molar-refractivity contribution is 1.11. The van der Waals surface area contributed by atoms with Crippen LogP contribution in [0, 0.1) is 0 Å². The van der Waals surface area contributed by atoms with Crippen LogP contribution in [0.15, 0.2) is 24.5 Å². The Hall–Kier alpha value is -0.785. The summed E-state index contributed by atoms with van der Waals surface area (Å²) < 4.78 is 0. The number of hydrogen-bond donors (Lipinski definition) is 0. The molecule has 0 aromatic carbocycles. The summed E-state index contributed by atoms with van der Waals surface area (Å²) in [6.45, 7) is 0. The van der Waals surface area contributed by atoms with Crippen molar-refractivity contribution in [2.24, 2.45) is 0 Å². The molecular weight excluding hydrogens is 109 g/mol. The van der Waals surface area contributed by atoms with Crippen molar-refractivity contribution in [3.05, 3.63) is 30.1 Å². The van der Waals surface area contributed by atoms with Crippen molar-refractivity contribution in [3.63, 3.8) is 0 Å². The van der Waals surface area contributed by atoms with E-state index in [4.69, 9.17) is 0 Å². The first-order chi connectivity index (χ1) is 4.43. The summed E-state index contributed by atoms with van der Waals surface area (Å²) in [5, 5.41) is 0. The second-order valence-corrected chi connectivity index (χ2v) is 2.11. The van der Waals surface area contributed by atoms with Gasteiger partial charge >= 0.3 is 0 Å². The van der Waals surface area contributed by atoms with Crippen molar-refractivity contribution in [3.8, 4) is 0 Å². The smallest absolute Gasteiger partial charge is 0.101 e. The molecule has 1 aromatic heterocycles. The molecule has 0 bridgehead atoms. The van der Waals surface area contributed by atoms with Crippen molar-refractivity contribution in [2.45, 2.75) is 12.7 Å². The molecule has 0 saturated heterocycles. The van der Waals surface area contributed by atoms with Gasteiger partial charge in [-0.25, -0.2) is 0 Å². The summed E-state index contributed by atoms with van der Waals surface area (Å²) in [6, 6.07) is 4.12. The van der Waals surface area contributed by atoms with E-state index < -0.39 is 0 Å². The van der Waals surface area contributed by atoms with E-state index in [0.29, 0.717) is 0 Å². The molecule has 2 heteroatoms. The standard InChI is InChI=1S/C7H10BN/c8-4-1-7-2-5-9-6-3-7/h2-3,5-6H,1,4,8H2. The lowest BCUT2D eigenvalue weighted by Gasteiger charge is -1.93. The third-order valence-electron chi connectivity index (χ3n) is 1.29. The van der Waals surface area contributed by atoms with E-state index in [1.807, 2.05) is 12.4 Å². The molecule has 0 unspecified atom stereocenters. The first kappa shape index (κ1) is 6.34. The maximum Gasteiger partial charge on any atom is 0.101 e. The van der Waals surface area contributed by atoms with Crippen LogP contribution >= 0.6 is 0 Å². The molecule has 0 amide bonds. The normalized spacial score (nSPS) is 9.33. The third kappa shape index (κ3) is 1.88. The minimum Gasteiger partial charge on any atom is -0.265 e. The van der Waals surface area contributed by atoms with E-state index in [2.05, 4.69) is 25.0 Å². The van der Waals surface area contributed by atoms with Gasteiger partial charge < -0.3 is 0 Å². The molecule has 0 aliphatic rings. The van der Waals surface area contributed by atoms with Crippen LogP contribution in [-0.2, 0) is 6.42 Å². The van der Waals surface area contributed by atoms with Gasteiger partial charge in [0.05, 0.1) is 0 Å². The molecule has 0 saturated carbocycles. The quantitative estimate of drug-likeness (QED) is 0.521. The number of aromatic nitrogens is 1. The number of pyridine rings is 1. The molecule has 1 heterocycles. The number of nitrogens with zero attached hydrogens (tertiary/aromatic N) is 1. The van der Waals surface area contributed by atoms with E-state index >= 15 is 0 Å². The number of hydrogen-bond acceptors (Lipinski definition) is 1. The average Bonchev–Trinajstić information content (AvgIpc) is 1.91. The van der Waals surface area contributed by atoms with Crippen LogP contribution in [0.5, 0.6) is 0 Å². The number of rotatable bonds is 2. The molecule has 0 aliphatic carbocycles. The Morgan fingerprint density at radius 2 is 2.00 bits per heavy atom. The number of aryl methyl sites for hydroxylation is 1. The zero-order valence-corrected chi connectivity index (χ0v) is 5.67. The first-order valence-electron chi connectivity index (χ1n) is 3.32. The molecule has 9 heavy (non-hydrogen) atoms. The summed E-state index contributed by atoms with van der Waals surface area (Å²) in [5.74, 6) is 0. The summed E-state index contributed by atoms with van der Waals surface area (Å²) >= 11 is 0. The van der Waals surface area contributed by atoms with Crippen LogP contribution < -0.4 is 0 Å². The fourth-order valence-corrected chi connectivity index (χ4v) is 0.838. The van der Waals surface area contributed by atoms with Gasteiger partial charge in [-0.3, -0.25) is 4.98 Å². The largest absolute Gasteiger partial charge is 0.265 e. The van der Waals surface area contributed by atoms with Crippen molar-refractivity contribution < 1.29 is 0 Å². The lowest BCUT2D eigenvalue weighted by Crippen LogP contribution is -1.82. The molecule has 1 aromatic rings. The Bertz CT molecular complexity index is 162. The predicted octanol–water partition coefficient (Wildman–Crippen LogP) is 0.675. The summed E-state index contributed by atoms with van der Waals surface area (Å²) in [7, 11) is 2.18. The van der Waals surface area contributed by atoms with Gasteiger partial charge in [-0.1, -0.05) is 6.32 Å². The summed E-state index contributed by atoms with van der Waals surface area (Å²) in [6.07, 6.45) is 6.06. The highest BCUT2D eigenvalue weighted by atomic mass is 14.6. The lowest BCUT2D eigenvalue weighted by atomic mass is 9.98. The monoisotopic (exact) mass is 119 g/mol. The molecule has 0 radical (unpaired) electrons. The maximum atomic E-state index is 3.93. The van der Waals surface area contributed by atoms with Crippen LogP contribution in [-0.4, -0.2) is 12.8 Å². The maximum absolute atomic E-state index is 3.93. The third-order valence-corrected chi connectivity index (χ3v) is 1.29. The van der Waals surface area contributed by atoms with Crippen LogP contribution in [0.25, 0.3) is 0 Å². The highest BCUT2D eigenvalue weighted by Crippen LogP contribution is 1.98. The Balaban J connectivity index is 2.61. The van der Waals surface area contributed by atoms with Crippen molar-refractivity contribution in [2.75, 3.05) is 0 Å². The van der Waals surface area contributed by atoms with E-state index in [1.54, 1.807) is 0 Å². The van der Waals surface area contributed by atoms with Crippen LogP contribution in [0.2, 0.25) is 6.32 Å².